The highest BCUT2D eigenvalue weighted by molar-refractivity contribution is 6.04. The molecule has 7 nitrogen and oxygen atoms in total. The van der Waals surface area contributed by atoms with Crippen molar-refractivity contribution in [3.05, 3.63) is 11.5 Å². The molecule has 1 aliphatic carbocycles. The zero-order chi connectivity index (χ0) is 16.2. The summed E-state index contributed by atoms with van der Waals surface area (Å²) in [5, 5.41) is 7.82. The molecule has 2 aromatic rings. The summed E-state index contributed by atoms with van der Waals surface area (Å²) in [6.07, 6.45) is 7.17. The van der Waals surface area contributed by atoms with E-state index in [-0.39, 0.29) is 12.3 Å². The van der Waals surface area contributed by atoms with E-state index in [9.17, 15) is 4.79 Å². The van der Waals surface area contributed by atoms with Crippen LogP contribution in [0.15, 0.2) is 4.52 Å². The fraction of sp³-hybridized carbons (Fsp3) is 0.625. The molecule has 2 aromatic heterocycles. The molecule has 0 spiro atoms. The van der Waals surface area contributed by atoms with Crippen LogP contribution in [0, 0.1) is 6.92 Å². The van der Waals surface area contributed by atoms with E-state index in [0.29, 0.717) is 28.8 Å². The number of hydrogen-bond donors (Lipinski definition) is 1. The molecule has 0 bridgehead atoms. The minimum atomic E-state index is -0.511. The first-order valence-corrected chi connectivity index (χ1v) is 8.26. The van der Waals surface area contributed by atoms with Gasteiger partial charge in [-0.05, 0) is 26.7 Å². The van der Waals surface area contributed by atoms with E-state index in [2.05, 4.69) is 20.4 Å². The zero-order valence-corrected chi connectivity index (χ0v) is 13.6. The number of fused-ring (bicyclic) bond motifs is 1. The Morgan fingerprint density at radius 1 is 1.26 bits per heavy atom. The summed E-state index contributed by atoms with van der Waals surface area (Å²) in [5.74, 6) is 0.687. The average Bonchev–Trinajstić information content (AvgIpc) is 2.77. The van der Waals surface area contributed by atoms with Gasteiger partial charge in [-0.15, -0.1) is 0 Å². The van der Waals surface area contributed by atoms with Gasteiger partial charge in [0.25, 0.3) is 5.71 Å². The van der Waals surface area contributed by atoms with Crippen LogP contribution in [0.5, 0.6) is 0 Å². The van der Waals surface area contributed by atoms with Gasteiger partial charge in [-0.1, -0.05) is 30.8 Å². The lowest BCUT2D eigenvalue weighted by Crippen LogP contribution is -2.20. The van der Waals surface area contributed by atoms with Gasteiger partial charge in [0.1, 0.15) is 17.0 Å². The van der Waals surface area contributed by atoms with E-state index in [4.69, 9.17) is 9.26 Å². The number of aryl methyl sites for hydroxylation is 1. The molecule has 124 valence electrons. The van der Waals surface area contributed by atoms with Crippen molar-refractivity contribution < 1.29 is 14.1 Å². The average molecular weight is 318 g/mol. The molecule has 2 heterocycles. The van der Waals surface area contributed by atoms with Crippen molar-refractivity contribution in [3.8, 4) is 0 Å². The Labute approximate surface area is 134 Å². The van der Waals surface area contributed by atoms with Crippen molar-refractivity contribution in [2.45, 2.75) is 58.4 Å². The molecule has 7 heteroatoms. The van der Waals surface area contributed by atoms with E-state index in [1.807, 2.05) is 0 Å². The standard InChI is InChI=1S/C16H22N4O3/c1-3-22-16(21)13-12-14(17-10(2)18-15(12)23-20-13)19-11-8-6-4-5-7-9-11/h11H,3-9H2,1-2H3,(H,17,18,19). The number of esters is 1. The highest BCUT2D eigenvalue weighted by atomic mass is 16.5. The Balaban J connectivity index is 1.96. The van der Waals surface area contributed by atoms with E-state index in [1.165, 1.54) is 25.7 Å². The fourth-order valence-electron chi connectivity index (χ4n) is 3.02. The van der Waals surface area contributed by atoms with Crippen LogP contribution in [0.25, 0.3) is 11.1 Å². The molecule has 1 fully saturated rings. The number of aromatic nitrogens is 3. The SMILES string of the molecule is CCOC(=O)c1noc2nc(C)nc(NC3CCCCCC3)c12. The number of carbonyl (C=O) groups excluding carboxylic acids is 1. The predicted molar refractivity (Wildman–Crippen MR) is 85.4 cm³/mol. The molecule has 0 radical (unpaired) electrons. The Hall–Kier alpha value is -2.18. The second-order valence-corrected chi connectivity index (χ2v) is 5.88. The third-order valence-corrected chi connectivity index (χ3v) is 4.11. The van der Waals surface area contributed by atoms with Crippen molar-refractivity contribution in [1.29, 1.82) is 0 Å². The molecule has 3 rings (SSSR count). The lowest BCUT2D eigenvalue weighted by Gasteiger charge is -2.17. The molecule has 1 aliphatic rings. The Morgan fingerprint density at radius 3 is 2.70 bits per heavy atom. The molecule has 0 saturated heterocycles. The lowest BCUT2D eigenvalue weighted by molar-refractivity contribution is 0.0517. The van der Waals surface area contributed by atoms with Crippen molar-refractivity contribution >= 4 is 22.9 Å². The number of carbonyl (C=O) groups is 1. The van der Waals surface area contributed by atoms with Crippen molar-refractivity contribution in [2.24, 2.45) is 0 Å². The molecular weight excluding hydrogens is 296 g/mol. The Kier molecular flexibility index (Phi) is 4.73. The van der Waals surface area contributed by atoms with Crippen LogP contribution in [0.3, 0.4) is 0 Å². The topological polar surface area (TPSA) is 90.1 Å². The van der Waals surface area contributed by atoms with Gasteiger partial charge >= 0.3 is 5.97 Å². The Bertz CT molecular complexity index is 690. The first-order valence-electron chi connectivity index (χ1n) is 8.26. The summed E-state index contributed by atoms with van der Waals surface area (Å²) in [6.45, 7) is 3.83. The van der Waals surface area contributed by atoms with E-state index < -0.39 is 5.97 Å². The zero-order valence-electron chi connectivity index (χ0n) is 13.6. The van der Waals surface area contributed by atoms with E-state index in [1.54, 1.807) is 13.8 Å². The van der Waals surface area contributed by atoms with Gasteiger partial charge in [-0.25, -0.2) is 9.78 Å². The summed E-state index contributed by atoms with van der Waals surface area (Å²) in [5.41, 5.74) is 0.453. The maximum absolute atomic E-state index is 12.1. The maximum Gasteiger partial charge on any atom is 0.361 e. The summed E-state index contributed by atoms with van der Waals surface area (Å²) in [4.78, 5) is 20.8. The van der Waals surface area contributed by atoms with Gasteiger partial charge < -0.3 is 14.6 Å². The van der Waals surface area contributed by atoms with Crippen LogP contribution in [0.2, 0.25) is 0 Å². The summed E-state index contributed by atoms with van der Waals surface area (Å²) >= 11 is 0. The molecule has 23 heavy (non-hydrogen) atoms. The largest absolute Gasteiger partial charge is 0.461 e. The highest BCUT2D eigenvalue weighted by Crippen LogP contribution is 2.28. The van der Waals surface area contributed by atoms with Crippen LogP contribution in [-0.2, 0) is 4.74 Å². The minimum Gasteiger partial charge on any atom is -0.461 e. The van der Waals surface area contributed by atoms with Crippen LogP contribution < -0.4 is 5.32 Å². The van der Waals surface area contributed by atoms with Crippen molar-refractivity contribution in [2.75, 3.05) is 11.9 Å². The summed E-state index contributed by atoms with van der Waals surface area (Å²) in [7, 11) is 0. The summed E-state index contributed by atoms with van der Waals surface area (Å²) in [6, 6.07) is 0.347. The van der Waals surface area contributed by atoms with Crippen molar-refractivity contribution in [1.82, 2.24) is 15.1 Å². The van der Waals surface area contributed by atoms with E-state index in [0.717, 1.165) is 12.8 Å². The predicted octanol–water partition coefficient (Wildman–Crippen LogP) is 3.24. The molecule has 0 aliphatic heterocycles. The lowest BCUT2D eigenvalue weighted by atomic mass is 10.1. The fourth-order valence-corrected chi connectivity index (χ4v) is 3.02. The van der Waals surface area contributed by atoms with Gasteiger partial charge in [0.15, 0.2) is 0 Å². The van der Waals surface area contributed by atoms with E-state index >= 15 is 0 Å². The van der Waals surface area contributed by atoms with Gasteiger partial charge in [0, 0.05) is 6.04 Å². The van der Waals surface area contributed by atoms with Crippen LogP contribution in [0.4, 0.5) is 5.82 Å². The molecular formula is C16H22N4O3. The van der Waals surface area contributed by atoms with Crippen LogP contribution >= 0.6 is 0 Å². The number of rotatable bonds is 4. The molecule has 0 unspecified atom stereocenters. The third-order valence-electron chi connectivity index (χ3n) is 4.11. The monoisotopic (exact) mass is 318 g/mol. The Morgan fingerprint density at radius 2 is 2.00 bits per heavy atom. The molecule has 0 atom stereocenters. The van der Waals surface area contributed by atoms with Crippen LogP contribution in [-0.4, -0.2) is 33.7 Å². The number of nitrogens with one attached hydrogen (secondary N) is 1. The maximum atomic E-state index is 12.1. The summed E-state index contributed by atoms with van der Waals surface area (Å²) < 4.78 is 10.3. The molecule has 0 amide bonds. The first-order chi connectivity index (χ1) is 11.2. The number of hydrogen-bond acceptors (Lipinski definition) is 7. The normalized spacial score (nSPS) is 16.3. The first kappa shape index (κ1) is 15.7. The second kappa shape index (κ2) is 6.93. The highest BCUT2D eigenvalue weighted by Gasteiger charge is 2.24. The number of ether oxygens (including phenoxy) is 1. The van der Waals surface area contributed by atoms with Gasteiger partial charge in [0.2, 0.25) is 5.69 Å². The van der Waals surface area contributed by atoms with Gasteiger partial charge in [-0.3, -0.25) is 0 Å². The number of nitrogens with zero attached hydrogens (tertiary/aromatic N) is 3. The van der Waals surface area contributed by atoms with Crippen LogP contribution in [0.1, 0.15) is 61.8 Å². The quantitative estimate of drug-likeness (QED) is 0.683. The molecule has 0 aromatic carbocycles. The second-order valence-electron chi connectivity index (χ2n) is 5.88. The minimum absolute atomic E-state index is 0.137. The van der Waals surface area contributed by atoms with Gasteiger partial charge in [0.05, 0.1) is 6.61 Å². The van der Waals surface area contributed by atoms with Gasteiger partial charge in [-0.2, -0.15) is 4.98 Å². The smallest absolute Gasteiger partial charge is 0.361 e. The molecule has 1 saturated carbocycles. The number of anilines is 1. The van der Waals surface area contributed by atoms with Crippen molar-refractivity contribution in [3.63, 3.8) is 0 Å². The third kappa shape index (κ3) is 3.43. The molecule has 1 N–H and O–H groups in total.